The number of para-hydroxylation sites is 2. The quantitative estimate of drug-likeness (QED) is 0.565. The van der Waals surface area contributed by atoms with E-state index in [9.17, 15) is 4.39 Å². The van der Waals surface area contributed by atoms with Gasteiger partial charge < -0.3 is 10.1 Å². The van der Waals surface area contributed by atoms with Crippen molar-refractivity contribution in [1.82, 2.24) is 25.2 Å². The van der Waals surface area contributed by atoms with E-state index < -0.39 is 5.82 Å². The lowest BCUT2D eigenvalue weighted by Gasteiger charge is -2.12. The molecule has 27 heavy (non-hydrogen) atoms. The topological polar surface area (TPSA) is 77.8 Å². The van der Waals surface area contributed by atoms with Crippen molar-refractivity contribution in [3.8, 4) is 17.3 Å². The molecule has 4 aromatic rings. The Bertz CT molecular complexity index is 1040. The van der Waals surface area contributed by atoms with Crippen molar-refractivity contribution in [3.05, 3.63) is 84.3 Å². The number of nitrogens with one attached hydrogen (secondary N) is 1. The minimum absolute atomic E-state index is 0.267. The summed E-state index contributed by atoms with van der Waals surface area (Å²) in [6, 6.07) is 19.3. The summed E-state index contributed by atoms with van der Waals surface area (Å²) in [6.45, 7) is 0.387. The fourth-order valence-electron chi connectivity index (χ4n) is 2.53. The van der Waals surface area contributed by atoms with Gasteiger partial charge in [-0.2, -0.15) is 4.68 Å². The SMILES string of the molecule is Fc1ccccc1-n1nnnc1NCc1ccccc1Oc1ccccn1. The normalized spacial score (nSPS) is 10.6. The molecule has 0 bridgehead atoms. The summed E-state index contributed by atoms with van der Waals surface area (Å²) in [5, 5.41) is 14.6. The van der Waals surface area contributed by atoms with Crippen molar-refractivity contribution in [2.45, 2.75) is 6.54 Å². The van der Waals surface area contributed by atoms with Crippen LogP contribution in [0.2, 0.25) is 0 Å². The lowest BCUT2D eigenvalue weighted by Crippen LogP contribution is -2.09. The molecule has 0 amide bonds. The summed E-state index contributed by atoms with van der Waals surface area (Å²) in [5.74, 6) is 1.08. The van der Waals surface area contributed by atoms with Crippen molar-refractivity contribution in [1.29, 1.82) is 0 Å². The molecule has 2 aromatic carbocycles. The fraction of sp³-hybridized carbons (Fsp3) is 0.0526. The maximum Gasteiger partial charge on any atom is 0.248 e. The first-order valence-corrected chi connectivity index (χ1v) is 8.25. The number of nitrogens with zero attached hydrogens (tertiary/aromatic N) is 5. The van der Waals surface area contributed by atoms with Crippen LogP contribution in [0.15, 0.2) is 72.9 Å². The Balaban J connectivity index is 1.54. The van der Waals surface area contributed by atoms with E-state index in [4.69, 9.17) is 4.74 Å². The smallest absolute Gasteiger partial charge is 0.248 e. The van der Waals surface area contributed by atoms with Gasteiger partial charge in [0.2, 0.25) is 11.8 Å². The Morgan fingerprint density at radius 3 is 2.63 bits per heavy atom. The Morgan fingerprint density at radius 2 is 1.78 bits per heavy atom. The van der Waals surface area contributed by atoms with E-state index in [2.05, 4.69) is 25.8 Å². The molecule has 4 rings (SSSR count). The Morgan fingerprint density at radius 1 is 0.963 bits per heavy atom. The number of rotatable bonds is 6. The zero-order valence-corrected chi connectivity index (χ0v) is 14.2. The van der Waals surface area contributed by atoms with Gasteiger partial charge in [0, 0.05) is 24.4 Å². The van der Waals surface area contributed by atoms with Crippen LogP contribution in [0.5, 0.6) is 11.6 Å². The van der Waals surface area contributed by atoms with Crippen molar-refractivity contribution < 1.29 is 9.13 Å². The molecule has 0 atom stereocenters. The largest absolute Gasteiger partial charge is 0.439 e. The van der Waals surface area contributed by atoms with Crippen molar-refractivity contribution in [3.63, 3.8) is 0 Å². The van der Waals surface area contributed by atoms with Crippen LogP contribution in [-0.4, -0.2) is 25.2 Å². The Labute approximate surface area is 154 Å². The Hall–Kier alpha value is -3.81. The zero-order valence-electron chi connectivity index (χ0n) is 14.2. The standard InChI is InChI=1S/C19H15FN6O/c20-15-8-2-3-9-16(15)26-19(23-24-25-26)22-13-14-7-1-4-10-17(14)27-18-11-5-6-12-21-18/h1-12H,13H2,(H,22,23,25). The number of anilines is 1. The molecule has 0 radical (unpaired) electrons. The molecule has 0 aliphatic carbocycles. The summed E-state index contributed by atoms with van der Waals surface area (Å²) >= 11 is 0. The van der Waals surface area contributed by atoms with Crippen LogP contribution in [0.1, 0.15) is 5.56 Å². The molecule has 2 heterocycles. The molecule has 1 N–H and O–H groups in total. The molecule has 0 unspecified atom stereocenters. The number of ether oxygens (including phenoxy) is 1. The van der Waals surface area contributed by atoms with Crippen molar-refractivity contribution in [2.24, 2.45) is 0 Å². The summed E-state index contributed by atoms with van der Waals surface area (Å²) in [6.07, 6.45) is 1.67. The number of halogens is 1. The van der Waals surface area contributed by atoms with Crippen molar-refractivity contribution in [2.75, 3.05) is 5.32 Å². The number of hydrogen-bond donors (Lipinski definition) is 1. The van der Waals surface area contributed by atoms with E-state index in [1.54, 1.807) is 30.5 Å². The van der Waals surface area contributed by atoms with Crippen LogP contribution in [0, 0.1) is 5.82 Å². The number of tetrazole rings is 1. The van der Waals surface area contributed by atoms with E-state index in [1.165, 1.54) is 10.7 Å². The third-order valence-electron chi connectivity index (χ3n) is 3.81. The molecule has 0 fully saturated rings. The van der Waals surface area contributed by atoms with Crippen molar-refractivity contribution >= 4 is 5.95 Å². The van der Waals surface area contributed by atoms with Gasteiger partial charge in [0.1, 0.15) is 17.3 Å². The highest BCUT2D eigenvalue weighted by atomic mass is 19.1. The third-order valence-corrected chi connectivity index (χ3v) is 3.81. The van der Waals surface area contributed by atoms with Crippen LogP contribution in [0.25, 0.3) is 5.69 Å². The predicted molar refractivity (Wildman–Crippen MR) is 97.2 cm³/mol. The average molecular weight is 362 g/mol. The molecule has 0 spiro atoms. The number of benzene rings is 2. The highest BCUT2D eigenvalue weighted by molar-refractivity contribution is 5.42. The maximum absolute atomic E-state index is 14.0. The molecule has 0 saturated heterocycles. The number of aromatic nitrogens is 5. The first-order chi connectivity index (χ1) is 13.3. The second-order valence-corrected chi connectivity index (χ2v) is 5.60. The van der Waals surface area contributed by atoms with Crippen LogP contribution in [-0.2, 0) is 6.54 Å². The minimum Gasteiger partial charge on any atom is -0.439 e. The molecule has 0 saturated carbocycles. The molecule has 7 nitrogen and oxygen atoms in total. The molecule has 0 aliphatic heterocycles. The van der Waals surface area contributed by atoms with Crippen LogP contribution < -0.4 is 10.1 Å². The maximum atomic E-state index is 14.0. The van der Waals surface area contributed by atoms with E-state index in [0.29, 0.717) is 24.1 Å². The minimum atomic E-state index is -0.410. The molecule has 134 valence electrons. The van der Waals surface area contributed by atoms with Crippen LogP contribution in [0.4, 0.5) is 10.3 Å². The highest BCUT2D eigenvalue weighted by Crippen LogP contribution is 2.24. The van der Waals surface area contributed by atoms with Gasteiger partial charge in [0.25, 0.3) is 0 Å². The van der Waals surface area contributed by atoms with E-state index in [-0.39, 0.29) is 5.69 Å². The van der Waals surface area contributed by atoms with Gasteiger partial charge in [-0.15, -0.1) is 0 Å². The van der Waals surface area contributed by atoms with E-state index in [1.807, 2.05) is 36.4 Å². The molecular formula is C19H15FN6O. The Kier molecular flexibility index (Phi) is 4.69. The summed E-state index contributed by atoms with van der Waals surface area (Å²) < 4.78 is 21.2. The monoisotopic (exact) mass is 362 g/mol. The fourth-order valence-corrected chi connectivity index (χ4v) is 2.53. The van der Waals surface area contributed by atoms with Gasteiger partial charge in [-0.1, -0.05) is 41.5 Å². The van der Waals surface area contributed by atoms with Gasteiger partial charge in [-0.05, 0) is 34.7 Å². The lowest BCUT2D eigenvalue weighted by atomic mass is 10.2. The zero-order chi connectivity index (χ0) is 18.5. The number of hydrogen-bond acceptors (Lipinski definition) is 6. The number of pyridine rings is 1. The molecular weight excluding hydrogens is 347 g/mol. The van der Waals surface area contributed by atoms with Gasteiger partial charge >= 0.3 is 0 Å². The van der Waals surface area contributed by atoms with Gasteiger partial charge in [-0.25, -0.2) is 9.37 Å². The summed E-state index contributed by atoms with van der Waals surface area (Å²) in [5.41, 5.74) is 1.15. The second-order valence-electron chi connectivity index (χ2n) is 5.60. The van der Waals surface area contributed by atoms with Crippen LogP contribution in [0.3, 0.4) is 0 Å². The van der Waals surface area contributed by atoms with Crippen LogP contribution >= 0.6 is 0 Å². The average Bonchev–Trinajstić information content (AvgIpc) is 3.17. The van der Waals surface area contributed by atoms with E-state index in [0.717, 1.165) is 5.56 Å². The van der Waals surface area contributed by atoms with E-state index >= 15 is 0 Å². The lowest BCUT2D eigenvalue weighted by molar-refractivity contribution is 0.458. The summed E-state index contributed by atoms with van der Waals surface area (Å²) in [7, 11) is 0. The first kappa shape index (κ1) is 16.6. The third kappa shape index (κ3) is 3.74. The molecule has 8 heteroatoms. The summed E-state index contributed by atoms with van der Waals surface area (Å²) in [4.78, 5) is 4.17. The predicted octanol–water partition coefficient (Wildman–Crippen LogP) is 3.60. The molecule has 2 aromatic heterocycles. The van der Waals surface area contributed by atoms with Gasteiger partial charge in [0.05, 0.1) is 0 Å². The second kappa shape index (κ2) is 7.61. The highest BCUT2D eigenvalue weighted by Gasteiger charge is 2.12. The van der Waals surface area contributed by atoms with Gasteiger partial charge in [0.15, 0.2) is 0 Å². The molecule has 0 aliphatic rings. The van der Waals surface area contributed by atoms with Gasteiger partial charge in [-0.3, -0.25) is 0 Å². The first-order valence-electron chi connectivity index (χ1n) is 8.25.